The Hall–Kier alpha value is -0.830. The van der Waals surface area contributed by atoms with Gasteiger partial charge in [-0.05, 0) is 38.5 Å². The molecule has 94 valence electrons. The predicted octanol–water partition coefficient (Wildman–Crippen LogP) is 3.59. The Morgan fingerprint density at radius 2 is 1.76 bits per heavy atom. The van der Waals surface area contributed by atoms with Gasteiger partial charge in [0.25, 0.3) is 0 Å². The van der Waals surface area contributed by atoms with Crippen LogP contribution in [0.1, 0.15) is 38.1 Å². The molecule has 1 aliphatic carbocycles. The summed E-state index contributed by atoms with van der Waals surface area (Å²) < 4.78 is 0. The van der Waals surface area contributed by atoms with E-state index in [-0.39, 0.29) is 0 Å². The van der Waals surface area contributed by atoms with Crippen molar-refractivity contribution in [1.29, 1.82) is 0 Å². The van der Waals surface area contributed by atoms with Crippen molar-refractivity contribution in [2.24, 2.45) is 11.8 Å². The minimum Gasteiger partial charge on any atom is -0.364 e. The number of hydrogen-bond donors (Lipinski definition) is 1. The van der Waals surface area contributed by atoms with E-state index in [1.165, 1.54) is 12.8 Å². The van der Waals surface area contributed by atoms with Crippen molar-refractivity contribution in [3.05, 3.63) is 16.5 Å². The molecular weight excluding hydrogens is 234 g/mol. The van der Waals surface area contributed by atoms with Crippen molar-refractivity contribution in [2.45, 2.75) is 46.6 Å². The third-order valence-electron chi connectivity index (χ3n) is 4.05. The Labute approximate surface area is 108 Å². The van der Waals surface area contributed by atoms with Crippen LogP contribution in [0.3, 0.4) is 0 Å². The number of hydrogen-bond acceptors (Lipinski definition) is 3. The van der Waals surface area contributed by atoms with E-state index in [1.807, 2.05) is 13.8 Å². The van der Waals surface area contributed by atoms with Crippen molar-refractivity contribution in [1.82, 2.24) is 9.97 Å². The van der Waals surface area contributed by atoms with Crippen molar-refractivity contribution < 1.29 is 0 Å². The van der Waals surface area contributed by atoms with E-state index >= 15 is 0 Å². The molecule has 0 bridgehead atoms. The third kappa shape index (κ3) is 2.54. The fraction of sp³-hybridized carbons (Fsp3) is 0.692. The molecule has 0 aliphatic heterocycles. The lowest BCUT2D eigenvalue weighted by Gasteiger charge is -2.21. The number of halogens is 1. The lowest BCUT2D eigenvalue weighted by molar-refractivity contribution is 0.435. The summed E-state index contributed by atoms with van der Waals surface area (Å²) in [6.45, 7) is 8.49. The molecule has 0 aromatic carbocycles. The van der Waals surface area contributed by atoms with Crippen LogP contribution in [0.5, 0.6) is 0 Å². The summed E-state index contributed by atoms with van der Waals surface area (Å²) in [7, 11) is 0. The highest BCUT2D eigenvalue weighted by atomic mass is 35.5. The van der Waals surface area contributed by atoms with Crippen LogP contribution >= 0.6 is 11.6 Å². The third-order valence-corrected chi connectivity index (χ3v) is 4.32. The summed E-state index contributed by atoms with van der Waals surface area (Å²) in [5.74, 6) is 2.17. The lowest BCUT2D eigenvalue weighted by Crippen LogP contribution is -2.25. The number of nitrogens with zero attached hydrogens (tertiary/aromatic N) is 2. The normalized spacial score (nSPS) is 28.4. The Morgan fingerprint density at radius 3 is 2.35 bits per heavy atom. The van der Waals surface area contributed by atoms with Gasteiger partial charge in [0.05, 0.1) is 11.4 Å². The Bertz CT molecular complexity index is 419. The predicted molar refractivity (Wildman–Crippen MR) is 71.5 cm³/mol. The average Bonchev–Trinajstić information content (AvgIpc) is 2.58. The Kier molecular flexibility index (Phi) is 3.57. The minimum atomic E-state index is 0.471. The number of anilines is 1. The summed E-state index contributed by atoms with van der Waals surface area (Å²) in [6, 6.07) is 0.471. The van der Waals surface area contributed by atoms with E-state index < -0.39 is 0 Å². The monoisotopic (exact) mass is 253 g/mol. The first-order chi connectivity index (χ1) is 7.99. The molecule has 0 saturated heterocycles. The van der Waals surface area contributed by atoms with Crippen LogP contribution in [-0.4, -0.2) is 16.0 Å². The van der Waals surface area contributed by atoms with Crippen LogP contribution < -0.4 is 5.32 Å². The molecule has 0 amide bonds. The second-order valence-corrected chi connectivity index (χ2v) is 5.56. The van der Waals surface area contributed by atoms with Crippen LogP contribution in [0, 0.1) is 25.7 Å². The van der Waals surface area contributed by atoms with Gasteiger partial charge in [0, 0.05) is 6.04 Å². The van der Waals surface area contributed by atoms with Gasteiger partial charge in [-0.1, -0.05) is 25.4 Å². The maximum Gasteiger partial charge on any atom is 0.171 e. The second kappa shape index (κ2) is 4.81. The van der Waals surface area contributed by atoms with Gasteiger partial charge in [0.1, 0.15) is 0 Å². The number of aryl methyl sites for hydroxylation is 2. The quantitative estimate of drug-likeness (QED) is 0.875. The largest absolute Gasteiger partial charge is 0.364 e. The summed E-state index contributed by atoms with van der Waals surface area (Å²) >= 11 is 6.13. The van der Waals surface area contributed by atoms with Crippen LogP contribution in [0.4, 0.5) is 5.82 Å². The molecule has 3 atom stereocenters. The maximum atomic E-state index is 6.13. The van der Waals surface area contributed by atoms with Gasteiger partial charge in [-0.15, -0.1) is 0 Å². The van der Waals surface area contributed by atoms with E-state index in [0.717, 1.165) is 23.1 Å². The first kappa shape index (κ1) is 12.6. The van der Waals surface area contributed by atoms with Gasteiger partial charge >= 0.3 is 0 Å². The Morgan fingerprint density at radius 1 is 1.12 bits per heavy atom. The highest BCUT2D eigenvalue weighted by molar-refractivity contribution is 6.31. The molecule has 4 heteroatoms. The van der Waals surface area contributed by atoms with Gasteiger partial charge in [0.15, 0.2) is 11.0 Å². The van der Waals surface area contributed by atoms with Crippen molar-refractivity contribution >= 4 is 17.4 Å². The average molecular weight is 254 g/mol. The summed E-state index contributed by atoms with van der Waals surface area (Å²) in [5.41, 5.74) is 1.84. The highest BCUT2D eigenvalue weighted by Crippen LogP contribution is 2.34. The van der Waals surface area contributed by atoms with Crippen LogP contribution in [-0.2, 0) is 0 Å². The van der Waals surface area contributed by atoms with Crippen LogP contribution in [0.25, 0.3) is 0 Å². The van der Waals surface area contributed by atoms with Crippen molar-refractivity contribution in [3.63, 3.8) is 0 Å². The highest BCUT2D eigenvalue weighted by Gasteiger charge is 2.30. The van der Waals surface area contributed by atoms with E-state index in [2.05, 4.69) is 29.1 Å². The fourth-order valence-electron chi connectivity index (χ4n) is 2.41. The van der Waals surface area contributed by atoms with Gasteiger partial charge < -0.3 is 5.32 Å². The SMILES string of the molecule is Cc1nc(Cl)c(NC2CCC(C)C2C)nc1C. The first-order valence-corrected chi connectivity index (χ1v) is 6.64. The Balaban J connectivity index is 2.16. The van der Waals surface area contributed by atoms with Crippen LogP contribution in [0.2, 0.25) is 5.15 Å². The first-order valence-electron chi connectivity index (χ1n) is 6.26. The van der Waals surface area contributed by atoms with Gasteiger partial charge in [-0.3, -0.25) is 0 Å². The molecule has 0 radical (unpaired) electrons. The molecule has 1 aromatic rings. The zero-order chi connectivity index (χ0) is 12.6. The number of nitrogens with one attached hydrogen (secondary N) is 1. The zero-order valence-electron chi connectivity index (χ0n) is 10.9. The molecule has 1 N–H and O–H groups in total. The van der Waals surface area contributed by atoms with E-state index in [9.17, 15) is 0 Å². The molecule has 1 aliphatic rings. The van der Waals surface area contributed by atoms with E-state index in [4.69, 9.17) is 11.6 Å². The number of rotatable bonds is 2. The van der Waals surface area contributed by atoms with E-state index in [1.54, 1.807) is 0 Å². The van der Waals surface area contributed by atoms with Gasteiger partial charge in [-0.2, -0.15) is 0 Å². The van der Waals surface area contributed by atoms with Crippen LogP contribution in [0.15, 0.2) is 0 Å². The minimum absolute atomic E-state index is 0.471. The van der Waals surface area contributed by atoms with Crippen molar-refractivity contribution in [2.75, 3.05) is 5.32 Å². The number of aromatic nitrogens is 2. The molecular formula is C13H20ClN3. The molecule has 3 nitrogen and oxygen atoms in total. The smallest absolute Gasteiger partial charge is 0.171 e. The summed E-state index contributed by atoms with van der Waals surface area (Å²) in [4.78, 5) is 8.79. The summed E-state index contributed by atoms with van der Waals surface area (Å²) in [5, 5.41) is 3.94. The topological polar surface area (TPSA) is 37.8 Å². The van der Waals surface area contributed by atoms with Gasteiger partial charge in [-0.25, -0.2) is 9.97 Å². The standard InChI is InChI=1S/C13H20ClN3/c1-7-5-6-11(8(7)2)17-13-12(14)15-9(3)10(4)16-13/h7-8,11H,5-6H2,1-4H3,(H,16,17). The van der Waals surface area contributed by atoms with Crippen molar-refractivity contribution in [3.8, 4) is 0 Å². The molecule has 17 heavy (non-hydrogen) atoms. The van der Waals surface area contributed by atoms with E-state index in [0.29, 0.717) is 17.1 Å². The van der Waals surface area contributed by atoms with Gasteiger partial charge in [0.2, 0.25) is 0 Å². The zero-order valence-corrected chi connectivity index (χ0v) is 11.7. The molecule has 0 spiro atoms. The molecule has 1 aromatic heterocycles. The summed E-state index contributed by atoms with van der Waals surface area (Å²) in [6.07, 6.45) is 2.46. The second-order valence-electron chi connectivity index (χ2n) is 5.20. The molecule has 2 rings (SSSR count). The molecule has 1 fully saturated rings. The maximum absolute atomic E-state index is 6.13. The molecule has 3 unspecified atom stereocenters. The fourth-order valence-corrected chi connectivity index (χ4v) is 2.64. The molecule has 1 heterocycles. The molecule has 1 saturated carbocycles. The lowest BCUT2D eigenvalue weighted by atomic mass is 9.98.